The van der Waals surface area contributed by atoms with Crippen LogP contribution in [-0.2, 0) is 14.8 Å². The molecule has 0 unspecified atom stereocenters. The molecule has 0 radical (unpaired) electrons. The maximum atomic E-state index is 12.6. The van der Waals surface area contributed by atoms with Gasteiger partial charge >= 0.3 is 0 Å². The van der Waals surface area contributed by atoms with Crippen molar-refractivity contribution < 1.29 is 17.9 Å². The normalized spacial score (nSPS) is 14.9. The molecule has 0 fully saturated rings. The third-order valence-electron chi connectivity index (χ3n) is 4.24. The van der Waals surface area contributed by atoms with Gasteiger partial charge in [-0.2, -0.15) is 0 Å². The lowest BCUT2D eigenvalue weighted by Gasteiger charge is -2.18. The summed E-state index contributed by atoms with van der Waals surface area (Å²) in [5, 5.41) is 2.61. The lowest BCUT2D eigenvalue weighted by molar-refractivity contribution is -0.118. The van der Waals surface area contributed by atoms with Gasteiger partial charge in [0.2, 0.25) is 0 Å². The number of fused-ring (bicyclic) bond motifs is 1. The molecule has 0 saturated carbocycles. The maximum absolute atomic E-state index is 12.6. The zero-order chi connectivity index (χ0) is 18.0. The number of carbonyl (C=O) groups is 1. The highest BCUT2D eigenvalue weighted by Gasteiger charge is 2.21. The van der Waals surface area contributed by atoms with Crippen LogP contribution in [0.4, 0.5) is 11.4 Å². The van der Waals surface area contributed by atoms with Gasteiger partial charge in [-0.3, -0.25) is 9.52 Å². The Labute approximate surface area is 147 Å². The van der Waals surface area contributed by atoms with Crippen molar-refractivity contribution in [1.82, 2.24) is 0 Å². The number of anilines is 2. The van der Waals surface area contributed by atoms with E-state index in [9.17, 15) is 13.2 Å². The number of nitrogens with one attached hydrogen (secondary N) is 2. The van der Waals surface area contributed by atoms with Crippen LogP contribution >= 0.6 is 0 Å². The second kappa shape index (κ2) is 6.76. The Morgan fingerprint density at radius 3 is 2.60 bits per heavy atom. The topological polar surface area (TPSA) is 84.5 Å². The molecule has 25 heavy (non-hydrogen) atoms. The molecule has 0 saturated heterocycles. The highest BCUT2D eigenvalue weighted by Crippen LogP contribution is 2.31. The third-order valence-corrected chi connectivity index (χ3v) is 5.62. The molecule has 1 heterocycles. The monoisotopic (exact) mass is 360 g/mol. The van der Waals surface area contributed by atoms with Crippen LogP contribution < -0.4 is 14.8 Å². The number of ether oxygens (including phenoxy) is 1. The summed E-state index contributed by atoms with van der Waals surface area (Å²) < 4.78 is 33.0. The van der Waals surface area contributed by atoms with Gasteiger partial charge < -0.3 is 10.1 Å². The molecular weight excluding hydrogens is 340 g/mol. The fourth-order valence-electron chi connectivity index (χ4n) is 2.56. The van der Waals surface area contributed by atoms with E-state index in [1.165, 1.54) is 23.8 Å². The SMILES string of the molecule is CC[C@H](C)c1ccc(NS(=O)(=O)c2ccc3c(c2)NC(=O)CO3)cc1. The first kappa shape index (κ1) is 17.3. The molecule has 2 aromatic carbocycles. The maximum Gasteiger partial charge on any atom is 0.262 e. The Hall–Kier alpha value is -2.54. The summed E-state index contributed by atoms with van der Waals surface area (Å²) in [5.41, 5.74) is 2.01. The molecule has 0 aliphatic carbocycles. The average molecular weight is 360 g/mol. The average Bonchev–Trinajstić information content (AvgIpc) is 2.60. The number of hydrogen-bond acceptors (Lipinski definition) is 4. The first-order chi connectivity index (χ1) is 11.9. The number of benzene rings is 2. The molecule has 0 spiro atoms. The fourth-order valence-corrected chi connectivity index (χ4v) is 3.64. The summed E-state index contributed by atoms with van der Waals surface area (Å²) in [6.07, 6.45) is 1.02. The Morgan fingerprint density at radius 1 is 1.20 bits per heavy atom. The van der Waals surface area contributed by atoms with Gasteiger partial charge in [0.25, 0.3) is 15.9 Å². The molecule has 7 heteroatoms. The van der Waals surface area contributed by atoms with E-state index in [4.69, 9.17) is 4.74 Å². The molecule has 0 aromatic heterocycles. The van der Waals surface area contributed by atoms with Crippen LogP contribution in [0.15, 0.2) is 47.4 Å². The lowest BCUT2D eigenvalue weighted by atomic mass is 9.99. The minimum absolute atomic E-state index is 0.0584. The van der Waals surface area contributed by atoms with Gasteiger partial charge in [-0.15, -0.1) is 0 Å². The van der Waals surface area contributed by atoms with E-state index in [0.717, 1.165) is 6.42 Å². The second-order valence-corrected chi connectivity index (χ2v) is 7.71. The van der Waals surface area contributed by atoms with Crippen LogP contribution in [0.5, 0.6) is 5.75 Å². The molecule has 1 amide bonds. The standard InChI is InChI=1S/C18H20N2O4S/c1-3-12(2)13-4-6-14(7-5-13)20-25(22,23)15-8-9-17-16(10-15)19-18(21)11-24-17/h4-10,12,20H,3,11H2,1-2H3,(H,19,21)/t12-/m0/s1. The van der Waals surface area contributed by atoms with Crippen LogP contribution in [0.25, 0.3) is 0 Å². The van der Waals surface area contributed by atoms with Crippen LogP contribution in [0, 0.1) is 0 Å². The van der Waals surface area contributed by atoms with Crippen LogP contribution in [0.1, 0.15) is 31.7 Å². The van der Waals surface area contributed by atoms with Crippen LogP contribution in [-0.4, -0.2) is 20.9 Å². The van der Waals surface area contributed by atoms with Crippen LogP contribution in [0.3, 0.4) is 0 Å². The van der Waals surface area contributed by atoms with Gasteiger partial charge in [0.05, 0.1) is 10.6 Å². The van der Waals surface area contributed by atoms with E-state index >= 15 is 0 Å². The highest BCUT2D eigenvalue weighted by atomic mass is 32.2. The van der Waals surface area contributed by atoms with E-state index in [2.05, 4.69) is 23.9 Å². The largest absolute Gasteiger partial charge is 0.482 e. The molecule has 0 bridgehead atoms. The molecule has 132 valence electrons. The van der Waals surface area contributed by atoms with E-state index in [0.29, 0.717) is 23.0 Å². The van der Waals surface area contributed by atoms with E-state index in [1.54, 1.807) is 12.1 Å². The quantitative estimate of drug-likeness (QED) is 0.856. The minimum atomic E-state index is -3.76. The molecule has 2 aromatic rings. The Bertz CT molecular complexity index is 892. The Morgan fingerprint density at radius 2 is 1.92 bits per heavy atom. The van der Waals surface area contributed by atoms with Gasteiger partial charge in [0.15, 0.2) is 6.61 Å². The van der Waals surface area contributed by atoms with Crippen molar-refractivity contribution in [3.63, 3.8) is 0 Å². The summed E-state index contributed by atoms with van der Waals surface area (Å²) in [6, 6.07) is 11.7. The zero-order valence-electron chi connectivity index (χ0n) is 14.1. The number of hydrogen-bond donors (Lipinski definition) is 2. The van der Waals surface area contributed by atoms with E-state index in [-0.39, 0.29) is 17.4 Å². The summed E-state index contributed by atoms with van der Waals surface area (Å²) in [7, 11) is -3.76. The van der Waals surface area contributed by atoms with Crippen LogP contribution in [0.2, 0.25) is 0 Å². The van der Waals surface area contributed by atoms with E-state index in [1.807, 2.05) is 12.1 Å². The van der Waals surface area contributed by atoms with Gasteiger partial charge in [-0.25, -0.2) is 8.42 Å². The summed E-state index contributed by atoms with van der Waals surface area (Å²) in [5.74, 6) is 0.571. The highest BCUT2D eigenvalue weighted by molar-refractivity contribution is 7.92. The molecule has 2 N–H and O–H groups in total. The number of amides is 1. The smallest absolute Gasteiger partial charge is 0.262 e. The van der Waals surface area contributed by atoms with Crippen molar-refractivity contribution >= 4 is 27.3 Å². The van der Waals surface area contributed by atoms with Gasteiger partial charge in [0.1, 0.15) is 5.75 Å². The molecule has 6 nitrogen and oxygen atoms in total. The molecule has 1 aliphatic rings. The minimum Gasteiger partial charge on any atom is -0.482 e. The molecule has 3 rings (SSSR count). The number of carbonyl (C=O) groups excluding carboxylic acids is 1. The first-order valence-corrected chi connectivity index (χ1v) is 9.57. The first-order valence-electron chi connectivity index (χ1n) is 8.08. The van der Waals surface area contributed by atoms with Crippen molar-refractivity contribution in [3.8, 4) is 5.75 Å². The lowest BCUT2D eigenvalue weighted by Crippen LogP contribution is -2.25. The molecule has 1 aliphatic heterocycles. The van der Waals surface area contributed by atoms with Crippen molar-refractivity contribution in [3.05, 3.63) is 48.0 Å². The second-order valence-electron chi connectivity index (χ2n) is 6.03. The van der Waals surface area contributed by atoms with Gasteiger partial charge in [-0.1, -0.05) is 26.0 Å². The van der Waals surface area contributed by atoms with Gasteiger partial charge in [0, 0.05) is 5.69 Å². The zero-order valence-corrected chi connectivity index (χ0v) is 14.9. The molecule has 1 atom stereocenters. The van der Waals surface area contributed by atoms with Gasteiger partial charge in [-0.05, 0) is 48.2 Å². The summed E-state index contributed by atoms with van der Waals surface area (Å²) in [4.78, 5) is 11.4. The van der Waals surface area contributed by atoms with Crippen molar-refractivity contribution in [2.75, 3.05) is 16.6 Å². The van der Waals surface area contributed by atoms with Crippen molar-refractivity contribution in [2.45, 2.75) is 31.1 Å². The molecular formula is C18H20N2O4S. The van der Waals surface area contributed by atoms with E-state index < -0.39 is 10.0 Å². The van der Waals surface area contributed by atoms with Crippen molar-refractivity contribution in [2.24, 2.45) is 0 Å². The Balaban J connectivity index is 1.82. The predicted octanol–water partition coefficient (Wildman–Crippen LogP) is 3.33. The predicted molar refractivity (Wildman–Crippen MR) is 96.5 cm³/mol. The summed E-state index contributed by atoms with van der Waals surface area (Å²) in [6.45, 7) is 4.17. The Kier molecular flexibility index (Phi) is 4.67. The third kappa shape index (κ3) is 3.76. The fraction of sp³-hybridized carbons (Fsp3) is 0.278. The number of sulfonamides is 1. The summed E-state index contributed by atoms with van der Waals surface area (Å²) >= 11 is 0. The number of rotatable bonds is 5. The van der Waals surface area contributed by atoms with Crippen molar-refractivity contribution in [1.29, 1.82) is 0 Å².